The minimum atomic E-state index is -0.456. The summed E-state index contributed by atoms with van der Waals surface area (Å²) in [5.41, 5.74) is 2.23. The smallest absolute Gasteiger partial charge is 0.308 e. The quantitative estimate of drug-likeness (QED) is 0.412. The number of anilines is 1. The number of hydrogen-bond donors (Lipinski definition) is 2. The van der Waals surface area contributed by atoms with E-state index in [1.54, 1.807) is 42.5 Å². The molecule has 0 saturated carbocycles. The fraction of sp³-hybridized carbons (Fsp3) is 0.0870. The highest BCUT2D eigenvalue weighted by atomic mass is 79.9. The molecule has 0 aliphatic rings. The summed E-state index contributed by atoms with van der Waals surface area (Å²) in [4.78, 5) is 36.2. The molecule has 0 heterocycles. The van der Waals surface area contributed by atoms with Crippen molar-refractivity contribution in [2.24, 2.45) is 0 Å². The van der Waals surface area contributed by atoms with Crippen LogP contribution in [-0.2, 0) is 11.3 Å². The van der Waals surface area contributed by atoms with Crippen molar-refractivity contribution < 1.29 is 19.1 Å². The number of nitrogens with one attached hydrogen (secondary N) is 2. The van der Waals surface area contributed by atoms with Crippen molar-refractivity contribution >= 4 is 39.4 Å². The Kier molecular flexibility index (Phi) is 6.98. The average Bonchev–Trinajstić information content (AvgIpc) is 2.73. The Hall–Kier alpha value is -3.45. The van der Waals surface area contributed by atoms with Gasteiger partial charge in [-0.2, -0.15) is 0 Å². The summed E-state index contributed by atoms with van der Waals surface area (Å²) >= 11 is 3.38. The molecular formula is C23H19BrN2O4. The zero-order valence-corrected chi connectivity index (χ0v) is 17.7. The summed E-state index contributed by atoms with van der Waals surface area (Å²) in [6.07, 6.45) is 0. The van der Waals surface area contributed by atoms with Gasteiger partial charge < -0.3 is 15.4 Å². The Labute approximate surface area is 182 Å². The Morgan fingerprint density at radius 1 is 0.900 bits per heavy atom. The van der Waals surface area contributed by atoms with Gasteiger partial charge in [0.25, 0.3) is 11.8 Å². The first-order chi connectivity index (χ1) is 14.4. The third-order valence-corrected chi connectivity index (χ3v) is 4.87. The number of amides is 2. The normalized spacial score (nSPS) is 10.2. The van der Waals surface area contributed by atoms with Gasteiger partial charge in [0, 0.05) is 29.2 Å². The second-order valence-corrected chi connectivity index (χ2v) is 7.25. The molecule has 0 radical (unpaired) electrons. The Bertz CT molecular complexity index is 1100. The molecule has 0 aromatic heterocycles. The van der Waals surface area contributed by atoms with E-state index in [9.17, 15) is 14.4 Å². The van der Waals surface area contributed by atoms with Crippen LogP contribution < -0.4 is 15.4 Å². The molecule has 3 aromatic rings. The van der Waals surface area contributed by atoms with Gasteiger partial charge in [0.1, 0.15) is 5.75 Å². The number of rotatable bonds is 6. The summed E-state index contributed by atoms with van der Waals surface area (Å²) in [6, 6.07) is 20.7. The highest BCUT2D eigenvalue weighted by molar-refractivity contribution is 9.10. The van der Waals surface area contributed by atoms with Crippen LogP contribution in [0.15, 0.2) is 77.3 Å². The molecule has 2 N–H and O–H groups in total. The summed E-state index contributed by atoms with van der Waals surface area (Å²) in [6.45, 7) is 1.51. The van der Waals surface area contributed by atoms with Gasteiger partial charge >= 0.3 is 5.97 Å². The van der Waals surface area contributed by atoms with Gasteiger partial charge in [-0.15, -0.1) is 0 Å². The molecule has 0 bridgehead atoms. The van der Waals surface area contributed by atoms with Gasteiger partial charge in [-0.25, -0.2) is 0 Å². The number of para-hydroxylation sites is 1. The summed E-state index contributed by atoms with van der Waals surface area (Å²) in [7, 11) is 0. The first-order valence-electron chi connectivity index (χ1n) is 9.14. The molecule has 0 aliphatic carbocycles. The standard InChI is InChI=1S/C23H19BrN2O4/c1-15(27)30-18-9-6-8-16(13-18)22(28)25-14-17-7-2-5-12-21(17)26-23(29)19-10-3-4-11-20(19)24/h2-13H,14H2,1H3,(H,25,28)(H,26,29). The van der Waals surface area contributed by atoms with Crippen LogP contribution in [0.3, 0.4) is 0 Å². The zero-order valence-electron chi connectivity index (χ0n) is 16.1. The molecule has 3 aromatic carbocycles. The van der Waals surface area contributed by atoms with Gasteiger partial charge in [0.05, 0.1) is 5.56 Å². The van der Waals surface area contributed by atoms with Crippen molar-refractivity contribution in [1.29, 1.82) is 0 Å². The van der Waals surface area contributed by atoms with E-state index in [1.165, 1.54) is 13.0 Å². The summed E-state index contributed by atoms with van der Waals surface area (Å²) in [5.74, 6) is -0.732. The largest absolute Gasteiger partial charge is 0.427 e. The maximum Gasteiger partial charge on any atom is 0.308 e. The van der Waals surface area contributed by atoms with Gasteiger partial charge in [-0.05, 0) is 57.9 Å². The van der Waals surface area contributed by atoms with Crippen LogP contribution in [0, 0.1) is 0 Å². The van der Waals surface area contributed by atoms with Crippen LogP contribution in [-0.4, -0.2) is 17.8 Å². The second kappa shape index (κ2) is 9.84. The second-order valence-electron chi connectivity index (χ2n) is 6.40. The summed E-state index contributed by atoms with van der Waals surface area (Å²) < 4.78 is 5.71. The van der Waals surface area contributed by atoms with Crippen molar-refractivity contribution in [3.8, 4) is 5.75 Å². The Morgan fingerprint density at radius 2 is 1.63 bits per heavy atom. The average molecular weight is 467 g/mol. The lowest BCUT2D eigenvalue weighted by molar-refractivity contribution is -0.131. The highest BCUT2D eigenvalue weighted by Gasteiger charge is 2.13. The third-order valence-electron chi connectivity index (χ3n) is 4.18. The van der Waals surface area contributed by atoms with E-state index in [0.717, 1.165) is 5.56 Å². The molecule has 6 nitrogen and oxygen atoms in total. The lowest BCUT2D eigenvalue weighted by Crippen LogP contribution is -2.24. The number of benzene rings is 3. The third kappa shape index (κ3) is 5.55. The van der Waals surface area contributed by atoms with Crippen molar-refractivity contribution in [1.82, 2.24) is 5.32 Å². The van der Waals surface area contributed by atoms with Crippen molar-refractivity contribution in [2.45, 2.75) is 13.5 Å². The van der Waals surface area contributed by atoms with Crippen molar-refractivity contribution in [2.75, 3.05) is 5.32 Å². The van der Waals surface area contributed by atoms with E-state index in [0.29, 0.717) is 27.0 Å². The van der Waals surface area contributed by atoms with E-state index in [1.807, 2.05) is 24.3 Å². The molecule has 152 valence electrons. The van der Waals surface area contributed by atoms with Gasteiger partial charge in [0.2, 0.25) is 0 Å². The minimum Gasteiger partial charge on any atom is -0.427 e. The fourth-order valence-corrected chi connectivity index (χ4v) is 3.24. The number of hydrogen-bond acceptors (Lipinski definition) is 4. The topological polar surface area (TPSA) is 84.5 Å². The van der Waals surface area contributed by atoms with Gasteiger partial charge in [0.15, 0.2) is 0 Å². The maximum atomic E-state index is 12.6. The maximum absolute atomic E-state index is 12.6. The highest BCUT2D eigenvalue weighted by Crippen LogP contribution is 2.20. The van der Waals surface area contributed by atoms with Crippen LogP contribution in [0.1, 0.15) is 33.2 Å². The number of halogens is 1. The van der Waals surface area contributed by atoms with Crippen molar-refractivity contribution in [3.05, 3.63) is 94.0 Å². The molecule has 0 aliphatic heterocycles. The molecule has 0 saturated heterocycles. The van der Waals surface area contributed by atoms with Crippen LogP contribution in [0.5, 0.6) is 5.75 Å². The van der Waals surface area contributed by atoms with E-state index < -0.39 is 5.97 Å². The molecule has 7 heteroatoms. The lowest BCUT2D eigenvalue weighted by atomic mass is 10.1. The zero-order chi connectivity index (χ0) is 21.5. The van der Waals surface area contributed by atoms with E-state index in [-0.39, 0.29) is 18.4 Å². The molecule has 30 heavy (non-hydrogen) atoms. The number of carbonyl (C=O) groups excluding carboxylic acids is 3. The number of esters is 1. The SMILES string of the molecule is CC(=O)Oc1cccc(C(=O)NCc2ccccc2NC(=O)c2ccccc2Br)c1. The molecular weight excluding hydrogens is 448 g/mol. The minimum absolute atomic E-state index is 0.211. The number of ether oxygens (including phenoxy) is 1. The van der Waals surface area contributed by atoms with E-state index in [2.05, 4.69) is 26.6 Å². The predicted molar refractivity (Wildman–Crippen MR) is 117 cm³/mol. The Balaban J connectivity index is 1.69. The summed E-state index contributed by atoms with van der Waals surface area (Å²) in [5, 5.41) is 5.70. The van der Waals surface area contributed by atoms with E-state index >= 15 is 0 Å². The lowest BCUT2D eigenvalue weighted by Gasteiger charge is -2.13. The monoisotopic (exact) mass is 466 g/mol. The van der Waals surface area contributed by atoms with Gasteiger partial charge in [-0.1, -0.05) is 36.4 Å². The molecule has 2 amide bonds. The van der Waals surface area contributed by atoms with Crippen LogP contribution >= 0.6 is 15.9 Å². The molecule has 0 fully saturated rings. The fourth-order valence-electron chi connectivity index (χ4n) is 2.78. The van der Waals surface area contributed by atoms with Crippen molar-refractivity contribution in [3.63, 3.8) is 0 Å². The first kappa shape index (κ1) is 21.3. The Morgan fingerprint density at radius 3 is 2.40 bits per heavy atom. The number of carbonyl (C=O) groups is 3. The van der Waals surface area contributed by atoms with Crippen LogP contribution in [0.4, 0.5) is 5.69 Å². The molecule has 0 atom stereocenters. The molecule has 0 unspecified atom stereocenters. The molecule has 3 rings (SSSR count). The van der Waals surface area contributed by atoms with E-state index in [4.69, 9.17) is 4.74 Å². The van der Waals surface area contributed by atoms with Crippen LogP contribution in [0.25, 0.3) is 0 Å². The van der Waals surface area contributed by atoms with Gasteiger partial charge in [-0.3, -0.25) is 14.4 Å². The predicted octanol–water partition coefficient (Wildman–Crippen LogP) is 4.56. The van der Waals surface area contributed by atoms with Crippen LogP contribution in [0.2, 0.25) is 0 Å². The first-order valence-corrected chi connectivity index (χ1v) is 9.94. The molecule has 0 spiro atoms.